The molecule has 2 atom stereocenters. The van der Waals surface area contributed by atoms with E-state index in [1.165, 1.54) is 6.92 Å². The molecule has 0 amide bonds. The Morgan fingerprint density at radius 1 is 1.27 bits per heavy atom. The van der Waals surface area contributed by atoms with Crippen LogP contribution in [0.2, 0.25) is 6.04 Å². The van der Waals surface area contributed by atoms with Gasteiger partial charge < -0.3 is 23.8 Å². The van der Waals surface area contributed by atoms with Gasteiger partial charge in [0.15, 0.2) is 6.29 Å². The first-order valence-corrected chi connectivity index (χ1v) is 10.6. The Kier molecular flexibility index (Phi) is 7.61. The molecule has 0 radical (unpaired) electrons. The Labute approximate surface area is 94.8 Å². The van der Waals surface area contributed by atoms with Gasteiger partial charge in [-0.1, -0.05) is 0 Å². The van der Waals surface area contributed by atoms with Gasteiger partial charge in [0, 0.05) is 20.8 Å². The van der Waals surface area contributed by atoms with E-state index in [4.69, 9.17) is 23.8 Å². The Balaban J connectivity index is 3.62. The zero-order valence-electron chi connectivity index (χ0n) is 9.90. The van der Waals surface area contributed by atoms with Crippen LogP contribution in [0.25, 0.3) is 0 Å². The highest BCUT2D eigenvalue weighted by atomic mass is 29.2. The molecule has 0 fully saturated rings. The first kappa shape index (κ1) is 15.2. The first-order chi connectivity index (χ1) is 6.95. The monoisotopic (exact) mass is 254 g/mol. The molecule has 0 bridgehead atoms. The summed E-state index contributed by atoms with van der Waals surface area (Å²) in [7, 11) is 2.37. The minimum absolute atomic E-state index is 0.412. The summed E-state index contributed by atoms with van der Waals surface area (Å²) in [6.45, 7) is 1.90. The number of aliphatic hydroxyl groups excluding tert-OH is 2. The summed E-state index contributed by atoms with van der Waals surface area (Å²) < 4.78 is 15.7. The summed E-state index contributed by atoms with van der Waals surface area (Å²) in [6.07, 6.45) is -1.17. The van der Waals surface area contributed by atoms with Gasteiger partial charge in [-0.2, -0.15) is 0 Å². The lowest BCUT2D eigenvalue weighted by Crippen LogP contribution is -2.41. The predicted octanol–water partition coefficient (Wildman–Crippen LogP) is -1.31. The molecule has 2 N–H and O–H groups in total. The van der Waals surface area contributed by atoms with Crippen LogP contribution < -0.4 is 0 Å². The van der Waals surface area contributed by atoms with E-state index in [-0.39, 0.29) is 0 Å². The Bertz CT molecular complexity index is 163. The van der Waals surface area contributed by atoms with Gasteiger partial charge >= 0.3 is 8.08 Å². The molecule has 7 heteroatoms. The van der Waals surface area contributed by atoms with Crippen LogP contribution in [0.1, 0.15) is 13.3 Å². The van der Waals surface area contributed by atoms with Crippen LogP contribution in [0, 0.1) is 0 Å². The topological polar surface area (TPSA) is 68.2 Å². The Morgan fingerprint density at radius 3 is 2.20 bits per heavy atom. The maximum Gasteiger partial charge on any atom is 0.304 e. The van der Waals surface area contributed by atoms with E-state index in [0.29, 0.717) is 6.61 Å². The van der Waals surface area contributed by atoms with Gasteiger partial charge in [-0.15, -0.1) is 0 Å². The minimum Gasteiger partial charge on any atom is -0.401 e. The van der Waals surface area contributed by atoms with Gasteiger partial charge in [0.1, 0.15) is 6.10 Å². The van der Waals surface area contributed by atoms with E-state index < -0.39 is 20.5 Å². The number of ether oxygens (including phenoxy) is 1. The molecule has 0 aliphatic heterocycles. The standard InChI is InChI=1S/C8H22O5Si2/c1-7(9)8(10)13-5-4-6-15(14,11-2)12-3/h7-10H,4-6H2,1-3,14H3. The fourth-order valence-electron chi connectivity index (χ4n) is 1.02. The summed E-state index contributed by atoms with van der Waals surface area (Å²) in [5.41, 5.74) is 0. The van der Waals surface area contributed by atoms with Gasteiger partial charge in [0.25, 0.3) is 0 Å². The van der Waals surface area contributed by atoms with Crippen molar-refractivity contribution in [2.24, 2.45) is 0 Å². The molecular weight excluding hydrogens is 232 g/mol. The summed E-state index contributed by atoms with van der Waals surface area (Å²) in [6, 6.07) is 0.860. The summed E-state index contributed by atoms with van der Waals surface area (Å²) in [4.78, 5) is 0. The third-order valence-electron chi connectivity index (χ3n) is 2.34. The molecule has 92 valence electrons. The summed E-state index contributed by atoms with van der Waals surface area (Å²) >= 11 is 0. The number of rotatable bonds is 8. The zero-order valence-corrected chi connectivity index (χ0v) is 12.9. The molecular formula is C8H22O5Si2. The van der Waals surface area contributed by atoms with E-state index in [9.17, 15) is 0 Å². The summed E-state index contributed by atoms with van der Waals surface area (Å²) in [5.74, 6) is 0. The fourth-order valence-corrected chi connectivity index (χ4v) is 3.45. The van der Waals surface area contributed by atoms with Crippen LogP contribution in [0.4, 0.5) is 0 Å². The smallest absolute Gasteiger partial charge is 0.304 e. The normalized spacial score (nSPS) is 16.6. The maximum atomic E-state index is 9.16. The largest absolute Gasteiger partial charge is 0.401 e. The van der Waals surface area contributed by atoms with Gasteiger partial charge in [-0.05, 0) is 19.4 Å². The van der Waals surface area contributed by atoms with Crippen molar-refractivity contribution in [1.29, 1.82) is 0 Å². The van der Waals surface area contributed by atoms with E-state index in [1.807, 2.05) is 0 Å². The lowest BCUT2D eigenvalue weighted by atomic mass is 10.4. The SMILES string of the molecule is CO[Si]([SiH3])(CCCOC(O)C(C)O)OC. The molecule has 0 aliphatic rings. The molecule has 0 aromatic carbocycles. The van der Waals surface area contributed by atoms with Crippen molar-refractivity contribution in [2.45, 2.75) is 31.8 Å². The molecule has 0 aliphatic carbocycles. The van der Waals surface area contributed by atoms with Crippen LogP contribution in [-0.2, 0) is 13.6 Å². The van der Waals surface area contributed by atoms with Crippen LogP contribution in [0.5, 0.6) is 0 Å². The summed E-state index contributed by atoms with van der Waals surface area (Å²) in [5, 5.41) is 18.1. The van der Waals surface area contributed by atoms with E-state index in [1.54, 1.807) is 14.2 Å². The highest BCUT2D eigenvalue weighted by Gasteiger charge is 2.27. The molecule has 2 unspecified atom stereocenters. The molecule has 0 aromatic rings. The lowest BCUT2D eigenvalue weighted by molar-refractivity contribution is -0.155. The van der Waals surface area contributed by atoms with Crippen LogP contribution in [-0.4, -0.2) is 61.3 Å². The molecule has 0 spiro atoms. The van der Waals surface area contributed by atoms with Crippen molar-refractivity contribution in [2.75, 3.05) is 20.8 Å². The number of hydrogen-bond acceptors (Lipinski definition) is 5. The third-order valence-corrected chi connectivity index (χ3v) is 9.28. The first-order valence-electron chi connectivity index (χ1n) is 5.03. The Hall–Kier alpha value is 0.234. The van der Waals surface area contributed by atoms with E-state index in [0.717, 1.165) is 22.2 Å². The highest BCUT2D eigenvalue weighted by Crippen LogP contribution is 2.10. The molecule has 5 nitrogen and oxygen atoms in total. The molecule has 15 heavy (non-hydrogen) atoms. The van der Waals surface area contributed by atoms with Crippen molar-refractivity contribution < 1.29 is 23.8 Å². The molecule has 0 aromatic heterocycles. The van der Waals surface area contributed by atoms with E-state index >= 15 is 0 Å². The maximum absolute atomic E-state index is 9.16. The van der Waals surface area contributed by atoms with Gasteiger partial charge in [0.05, 0.1) is 9.76 Å². The van der Waals surface area contributed by atoms with Crippen molar-refractivity contribution in [3.8, 4) is 0 Å². The van der Waals surface area contributed by atoms with Gasteiger partial charge in [-0.25, -0.2) is 0 Å². The highest BCUT2D eigenvalue weighted by molar-refractivity contribution is 7.09. The quantitative estimate of drug-likeness (QED) is 0.320. The van der Waals surface area contributed by atoms with Crippen molar-refractivity contribution in [3.63, 3.8) is 0 Å². The third kappa shape index (κ3) is 6.41. The average Bonchev–Trinajstić information content (AvgIpc) is 2.23. The van der Waals surface area contributed by atoms with E-state index in [2.05, 4.69) is 0 Å². The van der Waals surface area contributed by atoms with Crippen LogP contribution in [0.15, 0.2) is 0 Å². The van der Waals surface area contributed by atoms with Gasteiger partial charge in [0.2, 0.25) is 0 Å². The van der Waals surface area contributed by atoms with Gasteiger partial charge in [-0.3, -0.25) is 0 Å². The number of aliphatic hydroxyl groups is 2. The van der Waals surface area contributed by atoms with Crippen molar-refractivity contribution >= 4 is 17.8 Å². The van der Waals surface area contributed by atoms with Crippen LogP contribution in [0.3, 0.4) is 0 Å². The van der Waals surface area contributed by atoms with Crippen molar-refractivity contribution in [3.05, 3.63) is 0 Å². The van der Waals surface area contributed by atoms with Crippen LogP contribution >= 0.6 is 0 Å². The lowest BCUT2D eigenvalue weighted by Gasteiger charge is -2.23. The average molecular weight is 254 g/mol. The second-order valence-corrected chi connectivity index (χ2v) is 11.8. The fraction of sp³-hybridized carbons (Fsp3) is 1.00. The second-order valence-electron chi connectivity index (χ2n) is 3.65. The molecule has 0 saturated heterocycles. The number of hydrogen-bond donors (Lipinski definition) is 2. The predicted molar refractivity (Wildman–Crippen MR) is 62.8 cm³/mol. The second kappa shape index (κ2) is 7.50. The molecule has 0 heterocycles. The Morgan fingerprint density at radius 2 is 1.80 bits per heavy atom. The molecule has 0 saturated carbocycles. The minimum atomic E-state index is -1.88. The zero-order chi connectivity index (χ0) is 11.9. The van der Waals surface area contributed by atoms with Crippen molar-refractivity contribution in [1.82, 2.24) is 0 Å². The molecule has 0 rings (SSSR count).